The van der Waals surface area contributed by atoms with Crippen molar-refractivity contribution < 1.29 is 33.8 Å². The number of methoxy groups -OCH3 is 2. The Morgan fingerprint density at radius 1 is 1.33 bits per heavy atom. The first-order chi connectivity index (χ1) is 11.4. The van der Waals surface area contributed by atoms with E-state index in [1.165, 1.54) is 25.2 Å². The summed E-state index contributed by atoms with van der Waals surface area (Å²) >= 11 is 0. The van der Waals surface area contributed by atoms with Gasteiger partial charge in [-0.15, -0.1) is 0 Å². The lowest BCUT2D eigenvalue weighted by Crippen LogP contribution is -2.48. The first-order valence-corrected chi connectivity index (χ1v) is 6.93. The third-order valence-corrected chi connectivity index (χ3v) is 3.56. The Labute approximate surface area is 136 Å². The zero-order valence-electron chi connectivity index (χ0n) is 13.1. The van der Waals surface area contributed by atoms with Gasteiger partial charge in [-0.25, -0.2) is 4.79 Å². The van der Waals surface area contributed by atoms with Crippen molar-refractivity contribution in [1.29, 1.82) is 0 Å². The topological polar surface area (TPSA) is 128 Å². The van der Waals surface area contributed by atoms with E-state index in [0.717, 1.165) is 6.07 Å². The average molecular weight is 340 g/mol. The number of carbonyl (C=O) groups is 2. The maximum absolute atomic E-state index is 12.6. The number of nitro benzene ring substituents is 1. The van der Waals surface area contributed by atoms with Gasteiger partial charge in [-0.2, -0.15) is 0 Å². The molecule has 24 heavy (non-hydrogen) atoms. The Bertz CT molecular complexity index is 675. The Kier molecular flexibility index (Phi) is 5.19. The van der Waals surface area contributed by atoms with Crippen molar-refractivity contribution in [2.24, 2.45) is 0 Å². The summed E-state index contributed by atoms with van der Waals surface area (Å²) in [6.45, 7) is -0.0302. The molecule has 1 fully saturated rings. The minimum atomic E-state index is -1.20. The van der Waals surface area contributed by atoms with Crippen LogP contribution in [-0.4, -0.2) is 66.8 Å². The molecule has 1 heterocycles. The van der Waals surface area contributed by atoms with Gasteiger partial charge in [-0.3, -0.25) is 14.9 Å². The molecule has 1 amide bonds. The SMILES string of the molecule is COc1cc(C(=O)N2CCOC(C(=O)O)C2)c([N+](=O)[O-])cc1OC. The Morgan fingerprint density at radius 2 is 1.96 bits per heavy atom. The molecular weight excluding hydrogens is 324 g/mol. The first kappa shape index (κ1) is 17.5. The molecule has 1 saturated heterocycles. The van der Waals surface area contributed by atoms with E-state index in [9.17, 15) is 19.7 Å². The summed E-state index contributed by atoms with van der Waals surface area (Å²) in [4.78, 5) is 35.4. The maximum Gasteiger partial charge on any atom is 0.334 e. The van der Waals surface area contributed by atoms with Gasteiger partial charge in [0.15, 0.2) is 17.6 Å². The fourth-order valence-electron chi connectivity index (χ4n) is 2.34. The normalized spacial score (nSPS) is 17.2. The molecule has 0 aliphatic carbocycles. The van der Waals surface area contributed by atoms with Gasteiger partial charge in [-0.05, 0) is 0 Å². The van der Waals surface area contributed by atoms with Crippen LogP contribution in [0.3, 0.4) is 0 Å². The number of hydrogen-bond acceptors (Lipinski definition) is 7. The number of benzene rings is 1. The van der Waals surface area contributed by atoms with Crippen LogP contribution in [0.5, 0.6) is 11.5 Å². The summed E-state index contributed by atoms with van der Waals surface area (Å²) in [5, 5.41) is 20.3. The minimum Gasteiger partial charge on any atom is -0.493 e. The first-order valence-electron chi connectivity index (χ1n) is 6.93. The van der Waals surface area contributed by atoms with Gasteiger partial charge >= 0.3 is 5.97 Å². The standard InChI is InChI=1S/C14H16N2O8/c1-22-10-5-8(9(16(20)21)6-11(10)23-2)13(17)15-3-4-24-12(7-15)14(18)19/h5-6,12H,3-4,7H2,1-2H3,(H,18,19). The lowest BCUT2D eigenvalue weighted by Gasteiger charge is -2.30. The number of rotatable bonds is 5. The summed E-state index contributed by atoms with van der Waals surface area (Å²) in [7, 11) is 2.66. The summed E-state index contributed by atoms with van der Waals surface area (Å²) < 4.78 is 15.1. The number of morpholine rings is 1. The number of nitro groups is 1. The number of carboxylic acid groups (broad SMARTS) is 1. The van der Waals surface area contributed by atoms with Gasteiger partial charge in [0.05, 0.1) is 38.4 Å². The second-order valence-corrected chi connectivity index (χ2v) is 4.93. The molecule has 1 aliphatic heterocycles. The quantitative estimate of drug-likeness (QED) is 0.607. The molecule has 1 aromatic carbocycles. The fourth-order valence-corrected chi connectivity index (χ4v) is 2.34. The largest absolute Gasteiger partial charge is 0.493 e. The Balaban J connectivity index is 2.40. The molecule has 1 aromatic rings. The molecule has 1 aliphatic rings. The number of amides is 1. The molecule has 0 bridgehead atoms. The lowest BCUT2D eigenvalue weighted by atomic mass is 10.1. The van der Waals surface area contributed by atoms with Crippen LogP contribution in [0.4, 0.5) is 5.69 Å². The highest BCUT2D eigenvalue weighted by Gasteiger charge is 2.33. The van der Waals surface area contributed by atoms with Gasteiger partial charge in [0.25, 0.3) is 11.6 Å². The minimum absolute atomic E-state index is 0.0315. The van der Waals surface area contributed by atoms with E-state index in [0.29, 0.717) is 0 Å². The van der Waals surface area contributed by atoms with Gasteiger partial charge in [0, 0.05) is 12.6 Å². The highest BCUT2D eigenvalue weighted by Crippen LogP contribution is 2.35. The molecule has 10 heteroatoms. The molecule has 0 saturated carbocycles. The molecule has 0 aromatic heterocycles. The Hall–Kier alpha value is -2.88. The van der Waals surface area contributed by atoms with E-state index >= 15 is 0 Å². The summed E-state index contributed by atoms with van der Waals surface area (Å²) in [6, 6.07) is 2.31. The third-order valence-electron chi connectivity index (χ3n) is 3.56. The van der Waals surface area contributed by atoms with E-state index < -0.39 is 28.6 Å². The smallest absolute Gasteiger partial charge is 0.334 e. The van der Waals surface area contributed by atoms with E-state index in [-0.39, 0.29) is 36.8 Å². The van der Waals surface area contributed by atoms with Crippen LogP contribution in [0.15, 0.2) is 12.1 Å². The predicted octanol–water partition coefficient (Wildman–Crippen LogP) is 0.538. The van der Waals surface area contributed by atoms with E-state index in [1.54, 1.807) is 0 Å². The zero-order chi connectivity index (χ0) is 17.9. The van der Waals surface area contributed by atoms with Gasteiger partial charge in [0.2, 0.25) is 0 Å². The van der Waals surface area contributed by atoms with Crippen molar-refractivity contribution in [1.82, 2.24) is 4.90 Å². The number of hydrogen-bond donors (Lipinski definition) is 1. The fraction of sp³-hybridized carbons (Fsp3) is 0.429. The molecule has 2 rings (SSSR count). The number of nitrogens with zero attached hydrogens (tertiary/aromatic N) is 2. The molecule has 1 atom stereocenters. The molecule has 0 spiro atoms. The van der Waals surface area contributed by atoms with Crippen LogP contribution in [-0.2, 0) is 9.53 Å². The van der Waals surface area contributed by atoms with Crippen molar-refractivity contribution >= 4 is 17.6 Å². The van der Waals surface area contributed by atoms with Gasteiger partial charge < -0.3 is 24.2 Å². The van der Waals surface area contributed by atoms with Crippen LogP contribution >= 0.6 is 0 Å². The summed E-state index contributed by atoms with van der Waals surface area (Å²) in [5.41, 5.74) is -0.653. The predicted molar refractivity (Wildman–Crippen MR) is 79.5 cm³/mol. The molecule has 0 radical (unpaired) electrons. The van der Waals surface area contributed by atoms with Crippen molar-refractivity contribution in [3.63, 3.8) is 0 Å². The van der Waals surface area contributed by atoms with Gasteiger partial charge in [0.1, 0.15) is 5.56 Å². The highest BCUT2D eigenvalue weighted by atomic mass is 16.6. The summed E-state index contributed by atoms with van der Waals surface area (Å²) in [5.74, 6) is -1.59. The van der Waals surface area contributed by atoms with Crippen LogP contribution < -0.4 is 9.47 Å². The molecule has 1 unspecified atom stereocenters. The number of aliphatic carboxylic acids is 1. The van der Waals surface area contributed by atoms with E-state index in [2.05, 4.69) is 0 Å². The monoisotopic (exact) mass is 340 g/mol. The summed E-state index contributed by atoms with van der Waals surface area (Å²) in [6.07, 6.45) is -1.16. The van der Waals surface area contributed by atoms with Crippen LogP contribution in [0.1, 0.15) is 10.4 Å². The van der Waals surface area contributed by atoms with Crippen LogP contribution in [0.25, 0.3) is 0 Å². The van der Waals surface area contributed by atoms with Crippen LogP contribution in [0, 0.1) is 10.1 Å². The molecule has 1 N–H and O–H groups in total. The molecule has 10 nitrogen and oxygen atoms in total. The third kappa shape index (κ3) is 3.38. The van der Waals surface area contributed by atoms with Crippen LogP contribution in [0.2, 0.25) is 0 Å². The van der Waals surface area contributed by atoms with Crippen molar-refractivity contribution in [3.05, 3.63) is 27.8 Å². The molecular formula is C14H16N2O8. The van der Waals surface area contributed by atoms with Crippen molar-refractivity contribution in [2.45, 2.75) is 6.10 Å². The van der Waals surface area contributed by atoms with Crippen molar-refractivity contribution in [3.8, 4) is 11.5 Å². The van der Waals surface area contributed by atoms with E-state index in [4.69, 9.17) is 19.3 Å². The maximum atomic E-state index is 12.6. The van der Waals surface area contributed by atoms with Gasteiger partial charge in [-0.1, -0.05) is 0 Å². The second-order valence-electron chi connectivity index (χ2n) is 4.93. The average Bonchev–Trinajstić information content (AvgIpc) is 2.59. The second kappa shape index (κ2) is 7.13. The lowest BCUT2D eigenvalue weighted by molar-refractivity contribution is -0.385. The van der Waals surface area contributed by atoms with E-state index in [1.807, 2.05) is 0 Å². The highest BCUT2D eigenvalue weighted by molar-refractivity contribution is 5.99. The number of carboxylic acids is 1. The number of ether oxygens (including phenoxy) is 3. The number of carbonyl (C=O) groups excluding carboxylic acids is 1. The Morgan fingerprint density at radius 3 is 2.50 bits per heavy atom. The van der Waals surface area contributed by atoms with Crippen molar-refractivity contribution in [2.75, 3.05) is 33.9 Å². The molecule has 130 valence electrons. The zero-order valence-corrected chi connectivity index (χ0v) is 13.1.